The molecule has 0 saturated carbocycles. The summed E-state index contributed by atoms with van der Waals surface area (Å²) in [4.78, 5) is 16.8. The average molecular weight is 463 g/mol. The van der Waals surface area contributed by atoms with Gasteiger partial charge < -0.3 is 4.52 Å². The van der Waals surface area contributed by atoms with E-state index in [0.717, 1.165) is 22.5 Å². The smallest absolute Gasteiger partial charge is 0.237 e. The quantitative estimate of drug-likeness (QED) is 0.404. The van der Waals surface area contributed by atoms with Crippen LogP contribution in [0.4, 0.5) is 5.88 Å². The molecule has 0 atom stereocenters. The summed E-state index contributed by atoms with van der Waals surface area (Å²) >= 11 is 1.30. The van der Waals surface area contributed by atoms with Crippen molar-refractivity contribution in [3.8, 4) is 17.1 Å². The number of nitrogens with one attached hydrogen (secondary N) is 1. The van der Waals surface area contributed by atoms with Gasteiger partial charge in [-0.1, -0.05) is 55.4 Å². The van der Waals surface area contributed by atoms with Crippen LogP contribution in [0.5, 0.6) is 0 Å². The molecule has 0 spiro atoms. The van der Waals surface area contributed by atoms with E-state index in [-0.39, 0.29) is 17.1 Å². The third-order valence-corrected chi connectivity index (χ3v) is 5.95. The lowest BCUT2D eigenvalue weighted by Gasteiger charge is -2.13. The Kier molecular flexibility index (Phi) is 6.33. The zero-order valence-electron chi connectivity index (χ0n) is 19.3. The Balaban J connectivity index is 1.58. The lowest BCUT2D eigenvalue weighted by Crippen LogP contribution is -2.14. The predicted octanol–water partition coefficient (Wildman–Crippen LogP) is 4.96. The second-order valence-corrected chi connectivity index (χ2v) is 9.78. The van der Waals surface area contributed by atoms with Crippen molar-refractivity contribution in [2.24, 2.45) is 0 Å². The van der Waals surface area contributed by atoms with Gasteiger partial charge in [-0.3, -0.25) is 19.7 Å². The molecule has 4 rings (SSSR count). The van der Waals surface area contributed by atoms with Crippen molar-refractivity contribution in [3.63, 3.8) is 0 Å². The Hall–Kier alpha value is -3.46. The first kappa shape index (κ1) is 22.7. The van der Waals surface area contributed by atoms with Crippen LogP contribution in [0.1, 0.15) is 37.6 Å². The molecule has 1 N–H and O–H groups in total. The van der Waals surface area contributed by atoms with Crippen molar-refractivity contribution in [2.45, 2.75) is 45.2 Å². The zero-order valence-corrected chi connectivity index (χ0v) is 20.1. The van der Waals surface area contributed by atoms with Crippen LogP contribution >= 0.6 is 11.8 Å². The normalized spacial score (nSPS) is 11.5. The van der Waals surface area contributed by atoms with Crippen molar-refractivity contribution < 1.29 is 9.32 Å². The molecule has 4 aromatic rings. The maximum atomic E-state index is 12.6. The maximum Gasteiger partial charge on any atom is 0.237 e. The van der Waals surface area contributed by atoms with E-state index in [0.29, 0.717) is 16.9 Å². The van der Waals surface area contributed by atoms with Crippen LogP contribution in [-0.4, -0.2) is 36.6 Å². The number of pyridine rings is 1. The Morgan fingerprint density at radius 2 is 1.97 bits per heavy atom. The van der Waals surface area contributed by atoms with Crippen LogP contribution in [0, 0.1) is 13.8 Å². The minimum absolute atomic E-state index is 0.141. The van der Waals surface area contributed by atoms with Gasteiger partial charge in [0.25, 0.3) is 0 Å². The zero-order chi connectivity index (χ0) is 23.6. The number of nitrogens with zero attached hydrogens (tertiary/aromatic N) is 5. The molecule has 0 aliphatic carbocycles. The van der Waals surface area contributed by atoms with E-state index in [1.165, 1.54) is 17.3 Å². The number of carbonyl (C=O) groups is 1. The van der Waals surface area contributed by atoms with E-state index in [9.17, 15) is 4.79 Å². The van der Waals surface area contributed by atoms with Gasteiger partial charge in [0, 0.05) is 29.4 Å². The standard InChI is InChI=1S/C24H26N6O2S/c1-15-8-9-18(16(2)11-15)30-22(17-7-6-10-25-13-17)27-28-23(30)33-14-20(31)26-21-12-19(29-32-21)24(3,4)5/h6-13H,14H2,1-5H3,(H,26,31). The SMILES string of the molecule is Cc1ccc(-n2c(SCC(=O)Nc3cc(C(C)(C)C)no3)nnc2-c2cccnc2)c(C)c1. The third kappa shape index (κ3) is 5.14. The number of benzene rings is 1. The molecule has 9 heteroatoms. The molecule has 0 bridgehead atoms. The number of aromatic nitrogens is 5. The molecular weight excluding hydrogens is 436 g/mol. The highest BCUT2D eigenvalue weighted by molar-refractivity contribution is 7.99. The van der Waals surface area contributed by atoms with Gasteiger partial charge in [0.05, 0.1) is 17.1 Å². The van der Waals surface area contributed by atoms with Crippen LogP contribution in [0.2, 0.25) is 0 Å². The average Bonchev–Trinajstić information content (AvgIpc) is 3.40. The number of hydrogen-bond acceptors (Lipinski definition) is 7. The molecule has 3 heterocycles. The Morgan fingerprint density at radius 3 is 2.64 bits per heavy atom. The number of anilines is 1. The van der Waals surface area contributed by atoms with E-state index in [1.54, 1.807) is 18.5 Å². The molecule has 0 radical (unpaired) electrons. The summed E-state index contributed by atoms with van der Waals surface area (Å²) in [5, 5.41) is 16.2. The predicted molar refractivity (Wildman–Crippen MR) is 129 cm³/mol. The van der Waals surface area contributed by atoms with Crippen molar-refractivity contribution in [2.75, 3.05) is 11.1 Å². The van der Waals surface area contributed by atoms with Gasteiger partial charge in [0.15, 0.2) is 11.0 Å². The maximum absolute atomic E-state index is 12.6. The molecule has 33 heavy (non-hydrogen) atoms. The van der Waals surface area contributed by atoms with Crippen molar-refractivity contribution in [1.82, 2.24) is 24.9 Å². The van der Waals surface area contributed by atoms with Gasteiger partial charge in [0.2, 0.25) is 11.8 Å². The largest absolute Gasteiger partial charge is 0.338 e. The highest BCUT2D eigenvalue weighted by Crippen LogP contribution is 2.30. The lowest BCUT2D eigenvalue weighted by molar-refractivity contribution is -0.113. The number of aryl methyl sites for hydroxylation is 2. The summed E-state index contributed by atoms with van der Waals surface area (Å²) in [5.41, 5.74) is 4.67. The number of rotatable bonds is 6. The first-order chi connectivity index (χ1) is 15.7. The third-order valence-electron chi connectivity index (χ3n) is 5.02. The monoisotopic (exact) mass is 462 g/mol. The Labute approximate surface area is 196 Å². The molecule has 0 saturated heterocycles. The van der Waals surface area contributed by atoms with Gasteiger partial charge in [-0.15, -0.1) is 10.2 Å². The van der Waals surface area contributed by atoms with Gasteiger partial charge >= 0.3 is 0 Å². The van der Waals surface area contributed by atoms with Crippen LogP contribution in [0.15, 0.2) is 58.5 Å². The molecule has 1 amide bonds. The van der Waals surface area contributed by atoms with Crippen molar-refractivity contribution >= 4 is 23.6 Å². The highest BCUT2D eigenvalue weighted by atomic mass is 32.2. The minimum Gasteiger partial charge on any atom is -0.338 e. The fraction of sp³-hybridized carbons (Fsp3) is 0.292. The van der Waals surface area contributed by atoms with Crippen molar-refractivity contribution in [3.05, 3.63) is 65.6 Å². The fourth-order valence-corrected chi connectivity index (χ4v) is 4.05. The van der Waals surface area contributed by atoms with Gasteiger partial charge in [0.1, 0.15) is 0 Å². The van der Waals surface area contributed by atoms with Gasteiger partial charge in [-0.2, -0.15) is 0 Å². The van der Waals surface area contributed by atoms with E-state index in [2.05, 4.69) is 38.6 Å². The van der Waals surface area contributed by atoms with Gasteiger partial charge in [-0.25, -0.2) is 0 Å². The Morgan fingerprint density at radius 1 is 1.15 bits per heavy atom. The number of amides is 1. The summed E-state index contributed by atoms with van der Waals surface area (Å²) in [7, 11) is 0. The number of carbonyl (C=O) groups excluding carboxylic acids is 1. The van der Waals surface area contributed by atoms with E-state index < -0.39 is 0 Å². The lowest BCUT2D eigenvalue weighted by atomic mass is 9.92. The molecule has 3 aromatic heterocycles. The van der Waals surface area contributed by atoms with Crippen LogP contribution in [0.3, 0.4) is 0 Å². The van der Waals surface area contributed by atoms with Crippen LogP contribution in [0.25, 0.3) is 17.1 Å². The minimum atomic E-state index is -0.213. The van der Waals surface area contributed by atoms with Gasteiger partial charge in [-0.05, 0) is 37.6 Å². The molecule has 8 nitrogen and oxygen atoms in total. The number of thioether (sulfide) groups is 1. The number of hydrogen-bond donors (Lipinski definition) is 1. The summed E-state index contributed by atoms with van der Waals surface area (Å²) in [6.45, 7) is 10.2. The summed E-state index contributed by atoms with van der Waals surface area (Å²) < 4.78 is 7.23. The Bertz CT molecular complexity index is 1270. The van der Waals surface area contributed by atoms with E-state index >= 15 is 0 Å². The second-order valence-electron chi connectivity index (χ2n) is 8.84. The first-order valence-electron chi connectivity index (χ1n) is 10.6. The fourth-order valence-electron chi connectivity index (χ4n) is 3.31. The molecular formula is C24H26N6O2S. The second kappa shape index (κ2) is 9.19. The molecule has 0 unspecified atom stereocenters. The van der Waals surface area contributed by atoms with Crippen LogP contribution < -0.4 is 5.32 Å². The summed E-state index contributed by atoms with van der Waals surface area (Å²) in [6.07, 6.45) is 3.47. The molecule has 0 aliphatic heterocycles. The van der Waals surface area contributed by atoms with Crippen LogP contribution in [-0.2, 0) is 10.2 Å². The van der Waals surface area contributed by atoms with E-state index in [1.807, 2.05) is 56.5 Å². The highest BCUT2D eigenvalue weighted by Gasteiger charge is 2.21. The first-order valence-corrected chi connectivity index (χ1v) is 11.5. The van der Waals surface area contributed by atoms with Crippen molar-refractivity contribution in [1.29, 1.82) is 0 Å². The molecule has 0 aliphatic rings. The molecule has 170 valence electrons. The topological polar surface area (TPSA) is 98.7 Å². The van der Waals surface area contributed by atoms with E-state index in [4.69, 9.17) is 4.52 Å². The summed E-state index contributed by atoms with van der Waals surface area (Å²) in [6, 6.07) is 11.8. The molecule has 0 fully saturated rings. The molecule has 1 aromatic carbocycles. The summed E-state index contributed by atoms with van der Waals surface area (Å²) in [5.74, 6) is 0.928.